The summed E-state index contributed by atoms with van der Waals surface area (Å²) in [5.74, 6) is 0.981. The van der Waals surface area contributed by atoms with Crippen LogP contribution in [0.4, 0.5) is 5.82 Å². The van der Waals surface area contributed by atoms with Gasteiger partial charge in [0.05, 0.1) is 5.69 Å². The van der Waals surface area contributed by atoms with Crippen LogP contribution in [0.25, 0.3) is 0 Å². The van der Waals surface area contributed by atoms with Crippen molar-refractivity contribution in [3.8, 4) is 0 Å². The van der Waals surface area contributed by atoms with E-state index in [0.29, 0.717) is 13.0 Å². The predicted molar refractivity (Wildman–Crippen MR) is 97.8 cm³/mol. The highest BCUT2D eigenvalue weighted by Crippen LogP contribution is 2.22. The van der Waals surface area contributed by atoms with Gasteiger partial charge in [0.2, 0.25) is 5.91 Å². The minimum Gasteiger partial charge on any atom is -0.299 e. The van der Waals surface area contributed by atoms with Crippen molar-refractivity contribution in [3.05, 3.63) is 46.6 Å². The Morgan fingerprint density at radius 1 is 1.08 bits per heavy atom. The number of hydrogen-bond acceptors (Lipinski definition) is 3. The fraction of sp³-hybridized carbons (Fsp3) is 0.450. The number of aryl methyl sites for hydroxylation is 4. The maximum absolute atomic E-state index is 12.6. The SMILES string of the molecule is Cc1ccc(C)c(CC(=O)CCC(=O)N2CCCn3nc(C)cc32)c1. The van der Waals surface area contributed by atoms with E-state index in [1.807, 2.05) is 43.7 Å². The second kappa shape index (κ2) is 7.21. The molecule has 5 nitrogen and oxygen atoms in total. The monoisotopic (exact) mass is 339 g/mol. The molecule has 25 heavy (non-hydrogen) atoms. The number of rotatable bonds is 5. The Hall–Kier alpha value is -2.43. The normalized spacial score (nSPS) is 13.6. The number of nitrogens with zero attached hydrogens (tertiary/aromatic N) is 3. The van der Waals surface area contributed by atoms with E-state index in [-0.39, 0.29) is 24.5 Å². The second-order valence-electron chi connectivity index (χ2n) is 6.91. The molecule has 1 aliphatic rings. The van der Waals surface area contributed by atoms with E-state index in [2.05, 4.69) is 11.2 Å². The maximum Gasteiger partial charge on any atom is 0.228 e. The number of carbonyl (C=O) groups is 2. The van der Waals surface area contributed by atoms with E-state index in [1.165, 1.54) is 0 Å². The van der Waals surface area contributed by atoms with Crippen LogP contribution >= 0.6 is 0 Å². The molecule has 1 aromatic carbocycles. The lowest BCUT2D eigenvalue weighted by Gasteiger charge is -2.27. The molecule has 0 saturated heterocycles. The van der Waals surface area contributed by atoms with Crippen molar-refractivity contribution in [2.75, 3.05) is 11.4 Å². The van der Waals surface area contributed by atoms with Gasteiger partial charge in [-0.1, -0.05) is 23.8 Å². The molecule has 0 N–H and O–H groups in total. The molecule has 1 amide bonds. The first kappa shape index (κ1) is 17.4. The highest BCUT2D eigenvalue weighted by atomic mass is 16.2. The maximum atomic E-state index is 12.6. The quantitative estimate of drug-likeness (QED) is 0.841. The van der Waals surface area contributed by atoms with Crippen LogP contribution in [0.2, 0.25) is 0 Å². The standard InChI is InChI=1S/C20H25N3O2/c1-14-5-6-15(2)17(11-14)13-18(24)7-8-20(25)22-9-4-10-23-19(22)12-16(3)21-23/h5-6,11-12H,4,7-10,13H2,1-3H3. The van der Waals surface area contributed by atoms with Gasteiger partial charge in [0.15, 0.2) is 0 Å². The van der Waals surface area contributed by atoms with Crippen molar-refractivity contribution >= 4 is 17.5 Å². The fourth-order valence-corrected chi connectivity index (χ4v) is 3.33. The predicted octanol–water partition coefficient (Wildman–Crippen LogP) is 3.14. The van der Waals surface area contributed by atoms with Gasteiger partial charge in [0, 0.05) is 38.4 Å². The third-order valence-electron chi connectivity index (χ3n) is 4.72. The zero-order valence-corrected chi connectivity index (χ0v) is 15.2. The summed E-state index contributed by atoms with van der Waals surface area (Å²) in [4.78, 5) is 26.7. The molecule has 2 heterocycles. The van der Waals surface area contributed by atoms with Crippen molar-refractivity contribution in [1.82, 2.24) is 9.78 Å². The van der Waals surface area contributed by atoms with Gasteiger partial charge in [-0.15, -0.1) is 0 Å². The highest BCUT2D eigenvalue weighted by molar-refractivity contribution is 5.95. The van der Waals surface area contributed by atoms with Crippen LogP contribution in [0.5, 0.6) is 0 Å². The molecule has 0 radical (unpaired) electrons. The number of amides is 1. The Labute approximate surface area is 148 Å². The molecule has 1 aliphatic heterocycles. The summed E-state index contributed by atoms with van der Waals surface area (Å²) < 4.78 is 1.88. The van der Waals surface area contributed by atoms with E-state index >= 15 is 0 Å². The number of ketones is 1. The molecule has 0 saturated carbocycles. The van der Waals surface area contributed by atoms with Crippen LogP contribution in [0, 0.1) is 20.8 Å². The Bertz CT molecular complexity index is 807. The van der Waals surface area contributed by atoms with Crippen molar-refractivity contribution in [2.24, 2.45) is 0 Å². The lowest BCUT2D eigenvalue weighted by atomic mass is 9.99. The number of fused-ring (bicyclic) bond motifs is 1. The third kappa shape index (κ3) is 3.98. The van der Waals surface area contributed by atoms with Gasteiger partial charge < -0.3 is 0 Å². The first-order valence-electron chi connectivity index (χ1n) is 8.86. The van der Waals surface area contributed by atoms with Crippen molar-refractivity contribution in [1.29, 1.82) is 0 Å². The lowest BCUT2D eigenvalue weighted by molar-refractivity contribution is -0.123. The number of benzene rings is 1. The highest BCUT2D eigenvalue weighted by Gasteiger charge is 2.24. The smallest absolute Gasteiger partial charge is 0.228 e. The second-order valence-corrected chi connectivity index (χ2v) is 6.91. The molecular formula is C20H25N3O2. The van der Waals surface area contributed by atoms with Crippen LogP contribution in [0.1, 0.15) is 41.6 Å². The summed E-state index contributed by atoms with van der Waals surface area (Å²) in [6, 6.07) is 8.09. The van der Waals surface area contributed by atoms with E-state index < -0.39 is 0 Å². The van der Waals surface area contributed by atoms with Crippen LogP contribution < -0.4 is 4.90 Å². The zero-order chi connectivity index (χ0) is 18.0. The minimum atomic E-state index is 0.00941. The molecule has 5 heteroatoms. The fourth-order valence-electron chi connectivity index (χ4n) is 3.33. The number of Topliss-reactive ketones (excluding diaryl/α,β-unsaturated/α-hetero) is 1. The average molecular weight is 339 g/mol. The molecule has 0 bridgehead atoms. The van der Waals surface area contributed by atoms with Gasteiger partial charge in [0.1, 0.15) is 11.6 Å². The molecule has 0 unspecified atom stereocenters. The largest absolute Gasteiger partial charge is 0.299 e. The average Bonchev–Trinajstić information content (AvgIpc) is 2.96. The van der Waals surface area contributed by atoms with Gasteiger partial charge in [-0.25, -0.2) is 4.68 Å². The molecule has 0 spiro atoms. The van der Waals surface area contributed by atoms with E-state index in [1.54, 1.807) is 4.90 Å². The van der Waals surface area contributed by atoms with Crippen molar-refractivity contribution < 1.29 is 9.59 Å². The summed E-state index contributed by atoms with van der Waals surface area (Å²) in [5, 5.41) is 4.41. The number of carbonyl (C=O) groups excluding carboxylic acids is 2. The molecule has 132 valence electrons. The van der Waals surface area contributed by atoms with Gasteiger partial charge in [-0.2, -0.15) is 5.10 Å². The first-order valence-corrected chi connectivity index (χ1v) is 8.86. The Kier molecular flexibility index (Phi) is 5.02. The minimum absolute atomic E-state index is 0.00941. The van der Waals surface area contributed by atoms with E-state index in [4.69, 9.17) is 0 Å². The van der Waals surface area contributed by atoms with Gasteiger partial charge >= 0.3 is 0 Å². The van der Waals surface area contributed by atoms with Crippen LogP contribution in [0.3, 0.4) is 0 Å². The first-order chi connectivity index (χ1) is 11.9. The van der Waals surface area contributed by atoms with Gasteiger partial charge in [-0.3, -0.25) is 14.5 Å². The van der Waals surface area contributed by atoms with Crippen LogP contribution in [-0.4, -0.2) is 28.0 Å². The number of anilines is 1. The molecule has 0 fully saturated rings. The zero-order valence-electron chi connectivity index (χ0n) is 15.2. The molecule has 3 rings (SSSR count). The van der Waals surface area contributed by atoms with Gasteiger partial charge in [0.25, 0.3) is 0 Å². The molecule has 2 aromatic rings. The summed E-state index contributed by atoms with van der Waals surface area (Å²) in [7, 11) is 0. The van der Waals surface area contributed by atoms with E-state index in [0.717, 1.165) is 41.2 Å². The summed E-state index contributed by atoms with van der Waals surface area (Å²) in [6.07, 6.45) is 1.85. The van der Waals surface area contributed by atoms with Crippen LogP contribution in [-0.2, 0) is 22.6 Å². The van der Waals surface area contributed by atoms with Gasteiger partial charge in [-0.05, 0) is 38.3 Å². The molecule has 0 aliphatic carbocycles. The molecule has 0 atom stereocenters. The Morgan fingerprint density at radius 2 is 1.88 bits per heavy atom. The summed E-state index contributed by atoms with van der Waals surface area (Å²) in [5.41, 5.74) is 4.26. The summed E-state index contributed by atoms with van der Waals surface area (Å²) >= 11 is 0. The van der Waals surface area contributed by atoms with E-state index in [9.17, 15) is 9.59 Å². The lowest BCUT2D eigenvalue weighted by Crippen LogP contribution is -2.37. The Balaban J connectivity index is 1.59. The number of aromatic nitrogens is 2. The summed E-state index contributed by atoms with van der Waals surface area (Å²) in [6.45, 7) is 7.53. The number of hydrogen-bond donors (Lipinski definition) is 0. The van der Waals surface area contributed by atoms with Crippen LogP contribution in [0.15, 0.2) is 24.3 Å². The van der Waals surface area contributed by atoms with Crippen molar-refractivity contribution in [2.45, 2.75) is 53.0 Å². The van der Waals surface area contributed by atoms with Crippen molar-refractivity contribution in [3.63, 3.8) is 0 Å². The molecule has 1 aromatic heterocycles. The topological polar surface area (TPSA) is 55.2 Å². The molecular weight excluding hydrogens is 314 g/mol. The Morgan fingerprint density at radius 3 is 2.68 bits per heavy atom. The third-order valence-corrected chi connectivity index (χ3v) is 4.72.